The summed E-state index contributed by atoms with van der Waals surface area (Å²) in [6.07, 6.45) is 6.06. The van der Waals surface area contributed by atoms with E-state index in [4.69, 9.17) is 23.3 Å². The molecule has 0 fully saturated rings. The molecule has 1 aliphatic heterocycles. The maximum absolute atomic E-state index is 13.6. The quantitative estimate of drug-likeness (QED) is 0.112. The minimum Gasteiger partial charge on any atom is -0.492 e. The lowest BCUT2D eigenvalue weighted by molar-refractivity contribution is 0.0994. The smallest absolute Gasteiger partial charge is 0.475 e. The molecule has 0 bridgehead atoms. The number of thiazole rings is 1. The van der Waals surface area contributed by atoms with Crippen molar-refractivity contribution in [1.29, 1.82) is 0 Å². The van der Waals surface area contributed by atoms with Gasteiger partial charge in [-0.15, -0.1) is 11.3 Å². The van der Waals surface area contributed by atoms with Gasteiger partial charge in [-0.1, -0.05) is 66.7 Å². The van der Waals surface area contributed by atoms with Crippen molar-refractivity contribution in [2.45, 2.75) is 46.1 Å². The number of hydrogen-bond donors (Lipinski definition) is 0. The van der Waals surface area contributed by atoms with Gasteiger partial charge in [0.25, 0.3) is 0 Å². The van der Waals surface area contributed by atoms with Crippen LogP contribution in [0.1, 0.15) is 35.9 Å². The zero-order valence-electron chi connectivity index (χ0n) is 26.6. The van der Waals surface area contributed by atoms with E-state index in [-0.39, 0.29) is 25.9 Å². The summed E-state index contributed by atoms with van der Waals surface area (Å²) in [4.78, 5) is 10.7. The van der Waals surface area contributed by atoms with Crippen molar-refractivity contribution < 1.29 is 22.9 Å². The van der Waals surface area contributed by atoms with Crippen LogP contribution in [-0.4, -0.2) is 42.7 Å². The molecule has 1 aliphatic rings. The monoisotopic (exact) mass is 682 g/mol. The number of nitrogens with zero attached hydrogens (tertiary/aromatic N) is 6. The average Bonchev–Trinajstić information content (AvgIpc) is 3.86. The summed E-state index contributed by atoms with van der Waals surface area (Å²) in [5, 5.41) is 9.76. The third kappa shape index (κ3) is 7.33. The molecule has 0 atom stereocenters. The van der Waals surface area contributed by atoms with Crippen LogP contribution in [0.4, 0.5) is 0 Å². The summed E-state index contributed by atoms with van der Waals surface area (Å²) >= 11 is 1.64. The van der Waals surface area contributed by atoms with Gasteiger partial charge < -0.3 is 4.74 Å². The van der Waals surface area contributed by atoms with Gasteiger partial charge in [0.1, 0.15) is 12.1 Å². The Hall–Kier alpha value is -4.45. The zero-order valence-corrected chi connectivity index (χ0v) is 28.3. The van der Waals surface area contributed by atoms with Gasteiger partial charge in [-0.3, -0.25) is 18.3 Å². The number of hydrogen-bond acceptors (Lipinski definition) is 10. The van der Waals surface area contributed by atoms with E-state index in [2.05, 4.69) is 35.1 Å². The van der Waals surface area contributed by atoms with Gasteiger partial charge >= 0.3 is 7.82 Å². The van der Waals surface area contributed by atoms with Crippen molar-refractivity contribution in [3.05, 3.63) is 114 Å². The molecule has 3 aromatic heterocycles. The Kier molecular flexibility index (Phi) is 9.60. The van der Waals surface area contributed by atoms with Crippen molar-refractivity contribution >= 4 is 19.2 Å². The fourth-order valence-corrected chi connectivity index (χ4v) is 7.52. The molecule has 7 rings (SSSR count). The number of fused-ring (bicyclic) bond motifs is 3. The van der Waals surface area contributed by atoms with Crippen LogP contribution >= 0.6 is 19.2 Å². The van der Waals surface area contributed by atoms with Gasteiger partial charge in [0.15, 0.2) is 10.8 Å². The predicted octanol–water partition coefficient (Wildman–Crippen LogP) is 8.01. The molecule has 0 aliphatic carbocycles. The van der Waals surface area contributed by atoms with E-state index in [0.29, 0.717) is 13.2 Å². The Bertz CT molecular complexity index is 1980. The average molecular weight is 683 g/mol. The highest BCUT2D eigenvalue weighted by atomic mass is 32.1. The molecule has 3 aromatic carbocycles. The molecule has 48 heavy (non-hydrogen) atoms. The Labute approximate surface area is 282 Å². The van der Waals surface area contributed by atoms with Crippen molar-refractivity contribution in [1.82, 2.24) is 29.5 Å². The summed E-state index contributed by atoms with van der Waals surface area (Å²) < 4.78 is 40.7. The third-order valence-corrected chi connectivity index (χ3v) is 10.3. The second kappa shape index (κ2) is 14.3. The lowest BCUT2D eigenvalue weighted by Gasteiger charge is -2.18. The highest BCUT2D eigenvalue weighted by Gasteiger charge is 2.28. The van der Waals surface area contributed by atoms with Crippen molar-refractivity contribution in [2.24, 2.45) is 0 Å². The van der Waals surface area contributed by atoms with Gasteiger partial charge in [0.05, 0.1) is 44.9 Å². The minimum atomic E-state index is -3.88. The maximum atomic E-state index is 13.6. The highest BCUT2D eigenvalue weighted by Crippen LogP contribution is 2.51. The Morgan fingerprint density at radius 1 is 0.917 bits per heavy atom. The number of ether oxygens (including phenoxy) is 1. The van der Waals surface area contributed by atoms with Crippen LogP contribution in [0.15, 0.2) is 97.6 Å². The first-order chi connectivity index (χ1) is 23.4. The first kappa shape index (κ1) is 32.1. The molecule has 0 saturated carbocycles. The number of phosphoric acid groups is 1. The molecule has 6 aromatic rings. The molecule has 246 valence electrons. The molecule has 0 N–H and O–H groups in total. The summed E-state index contributed by atoms with van der Waals surface area (Å²) in [5.74, 6) is 1.55. The van der Waals surface area contributed by atoms with Gasteiger partial charge in [0.2, 0.25) is 0 Å². The number of aromatic nitrogens is 6. The molecular weight excluding hydrogens is 647 g/mol. The van der Waals surface area contributed by atoms with Gasteiger partial charge in [0, 0.05) is 34.7 Å². The second-order valence-electron chi connectivity index (χ2n) is 11.5. The van der Waals surface area contributed by atoms with E-state index in [1.54, 1.807) is 28.5 Å². The summed E-state index contributed by atoms with van der Waals surface area (Å²) in [7, 11) is -3.88. The molecule has 13 heteroatoms. The first-order valence-electron chi connectivity index (χ1n) is 15.8. The normalized spacial score (nSPS) is 12.8. The molecule has 0 radical (unpaired) electrons. The largest absolute Gasteiger partial charge is 0.492 e. The van der Waals surface area contributed by atoms with Crippen LogP contribution in [0, 0.1) is 0 Å². The first-order valence-corrected chi connectivity index (χ1v) is 18.0. The number of benzene rings is 3. The second-order valence-corrected chi connectivity index (χ2v) is 14.3. The van der Waals surface area contributed by atoms with Crippen LogP contribution in [0.2, 0.25) is 0 Å². The fraction of sp³-hybridized carbons (Fsp3) is 0.257. The fourth-order valence-electron chi connectivity index (χ4n) is 5.33. The maximum Gasteiger partial charge on any atom is 0.475 e. The molecular formula is C35H35N6O5PS. The molecule has 4 heterocycles. The Morgan fingerprint density at radius 2 is 1.65 bits per heavy atom. The van der Waals surface area contributed by atoms with Crippen LogP contribution in [0.3, 0.4) is 0 Å². The minimum absolute atomic E-state index is 0.0782. The predicted molar refractivity (Wildman–Crippen MR) is 183 cm³/mol. The van der Waals surface area contributed by atoms with Crippen LogP contribution in [0.25, 0.3) is 33.2 Å². The third-order valence-electron chi connectivity index (χ3n) is 7.77. The van der Waals surface area contributed by atoms with Crippen LogP contribution in [-0.2, 0) is 44.3 Å². The van der Waals surface area contributed by atoms with Crippen molar-refractivity contribution in [2.75, 3.05) is 13.2 Å². The van der Waals surface area contributed by atoms with Crippen molar-refractivity contribution in [3.63, 3.8) is 0 Å². The van der Waals surface area contributed by atoms with Gasteiger partial charge in [-0.05, 0) is 42.7 Å². The molecule has 11 nitrogen and oxygen atoms in total. The molecule has 0 saturated heterocycles. The molecule has 0 amide bonds. The zero-order chi connectivity index (χ0) is 32.9. The SMILES string of the molecule is CC(C)n1ncnc1-c1nc2c(s1)CCOc1cc(-c3cnn(CCOP(=O)(OCc4ccccc4)OCc4ccccc4)c3)ccc1-2. The summed E-state index contributed by atoms with van der Waals surface area (Å²) in [5.41, 5.74) is 5.49. The molecule has 0 spiro atoms. The highest BCUT2D eigenvalue weighted by molar-refractivity contribution is 7.48. The van der Waals surface area contributed by atoms with Gasteiger partial charge in [-0.2, -0.15) is 10.2 Å². The van der Waals surface area contributed by atoms with Crippen LogP contribution in [0.5, 0.6) is 5.75 Å². The number of phosphoric ester groups is 1. The topological polar surface area (TPSA) is 115 Å². The summed E-state index contributed by atoms with van der Waals surface area (Å²) in [6.45, 7) is 5.34. The van der Waals surface area contributed by atoms with E-state index in [0.717, 1.165) is 56.5 Å². The van der Waals surface area contributed by atoms with E-state index >= 15 is 0 Å². The lowest BCUT2D eigenvalue weighted by atomic mass is 10.0. The standard InChI is InChI=1S/C35H35N6O5PS/c1-25(2)41-34(36-24-38-41)35-39-33-30-14-13-28(19-31(30)43-17-15-32(33)48-35)29-20-37-40(21-29)16-18-44-47(42,45-22-26-9-5-3-6-10-26)46-23-27-11-7-4-8-12-27/h3-14,19-21,24-25H,15-18,22-23H2,1-2H3. The molecule has 0 unspecified atom stereocenters. The van der Waals surface area contributed by atoms with E-state index in [1.807, 2.05) is 83.7 Å². The van der Waals surface area contributed by atoms with Crippen molar-refractivity contribution in [3.8, 4) is 39.0 Å². The van der Waals surface area contributed by atoms with E-state index < -0.39 is 7.82 Å². The number of rotatable bonds is 13. The van der Waals surface area contributed by atoms with E-state index in [9.17, 15) is 4.57 Å². The lowest BCUT2D eigenvalue weighted by Crippen LogP contribution is -2.08. The van der Waals surface area contributed by atoms with Crippen LogP contribution < -0.4 is 4.74 Å². The van der Waals surface area contributed by atoms with Gasteiger partial charge in [-0.25, -0.2) is 19.2 Å². The summed E-state index contributed by atoms with van der Waals surface area (Å²) in [6, 6.07) is 25.3. The Balaban J connectivity index is 1.03. The Morgan fingerprint density at radius 3 is 2.35 bits per heavy atom. The van der Waals surface area contributed by atoms with E-state index in [1.165, 1.54) is 4.88 Å².